The Morgan fingerprint density at radius 1 is 1.09 bits per heavy atom. The standard InChI is InChI=1S/C16H15NO4S/c1-21-13-6-2-11(3-7-13)16(20)17-12-4-8-14(9-5-12)22-10-15(18)19/h2-9H,10H2,1H3,(H,17,20)(H,18,19). The zero-order valence-corrected chi connectivity index (χ0v) is 12.7. The van der Waals surface area contributed by atoms with Crippen molar-refractivity contribution in [3.05, 3.63) is 54.1 Å². The van der Waals surface area contributed by atoms with Crippen molar-refractivity contribution in [3.63, 3.8) is 0 Å². The topological polar surface area (TPSA) is 75.6 Å². The van der Waals surface area contributed by atoms with Gasteiger partial charge in [0.05, 0.1) is 12.9 Å². The number of anilines is 1. The minimum atomic E-state index is -0.859. The molecule has 1 amide bonds. The van der Waals surface area contributed by atoms with Crippen LogP contribution in [0.5, 0.6) is 5.75 Å². The van der Waals surface area contributed by atoms with E-state index in [1.807, 2.05) is 0 Å². The van der Waals surface area contributed by atoms with E-state index in [0.717, 1.165) is 4.90 Å². The summed E-state index contributed by atoms with van der Waals surface area (Å²) in [5, 5.41) is 11.4. The second-order valence-corrected chi connectivity index (χ2v) is 5.44. The van der Waals surface area contributed by atoms with Gasteiger partial charge >= 0.3 is 5.97 Å². The first-order valence-corrected chi connectivity index (χ1v) is 7.47. The molecule has 6 heteroatoms. The lowest BCUT2D eigenvalue weighted by atomic mass is 10.2. The molecule has 22 heavy (non-hydrogen) atoms. The van der Waals surface area contributed by atoms with Crippen LogP contribution < -0.4 is 10.1 Å². The Morgan fingerprint density at radius 2 is 1.73 bits per heavy atom. The van der Waals surface area contributed by atoms with Gasteiger partial charge in [0.25, 0.3) is 5.91 Å². The number of amides is 1. The third-order valence-corrected chi connectivity index (χ3v) is 3.82. The number of methoxy groups -OCH3 is 1. The van der Waals surface area contributed by atoms with E-state index in [4.69, 9.17) is 9.84 Å². The number of carbonyl (C=O) groups excluding carboxylic acids is 1. The molecule has 0 aliphatic heterocycles. The highest BCUT2D eigenvalue weighted by Crippen LogP contribution is 2.20. The van der Waals surface area contributed by atoms with Crippen LogP contribution in [0.25, 0.3) is 0 Å². The fraction of sp³-hybridized carbons (Fsp3) is 0.125. The van der Waals surface area contributed by atoms with Gasteiger partial charge in [0.2, 0.25) is 0 Å². The van der Waals surface area contributed by atoms with Crippen molar-refractivity contribution >= 4 is 29.3 Å². The molecule has 0 atom stereocenters. The summed E-state index contributed by atoms with van der Waals surface area (Å²) in [7, 11) is 1.57. The number of benzene rings is 2. The smallest absolute Gasteiger partial charge is 0.313 e. The van der Waals surface area contributed by atoms with Gasteiger partial charge in [-0.25, -0.2) is 0 Å². The van der Waals surface area contributed by atoms with E-state index in [9.17, 15) is 9.59 Å². The predicted molar refractivity (Wildman–Crippen MR) is 85.7 cm³/mol. The number of hydrogen-bond acceptors (Lipinski definition) is 4. The molecular weight excluding hydrogens is 302 g/mol. The van der Waals surface area contributed by atoms with Crippen molar-refractivity contribution in [3.8, 4) is 5.75 Å². The van der Waals surface area contributed by atoms with Crippen molar-refractivity contribution in [2.75, 3.05) is 18.2 Å². The van der Waals surface area contributed by atoms with Gasteiger partial charge < -0.3 is 15.2 Å². The second kappa shape index (κ2) is 7.51. The molecule has 0 aliphatic rings. The number of thioether (sulfide) groups is 1. The molecule has 2 aromatic carbocycles. The molecular formula is C16H15NO4S. The number of carboxylic acids is 1. The largest absolute Gasteiger partial charge is 0.497 e. The van der Waals surface area contributed by atoms with Crippen LogP contribution >= 0.6 is 11.8 Å². The molecule has 2 aromatic rings. The number of hydrogen-bond donors (Lipinski definition) is 2. The van der Waals surface area contributed by atoms with Crippen LogP contribution in [0.2, 0.25) is 0 Å². The zero-order valence-electron chi connectivity index (χ0n) is 11.9. The number of carboxylic acid groups (broad SMARTS) is 1. The van der Waals surface area contributed by atoms with Gasteiger partial charge in [0, 0.05) is 16.1 Å². The van der Waals surface area contributed by atoms with Crippen LogP contribution in [-0.4, -0.2) is 29.8 Å². The van der Waals surface area contributed by atoms with E-state index in [1.54, 1.807) is 55.6 Å². The van der Waals surface area contributed by atoms with Crippen molar-refractivity contribution in [1.29, 1.82) is 0 Å². The van der Waals surface area contributed by atoms with Gasteiger partial charge in [-0.2, -0.15) is 0 Å². The van der Waals surface area contributed by atoms with Gasteiger partial charge in [0.1, 0.15) is 5.75 Å². The molecule has 0 aromatic heterocycles. The second-order valence-electron chi connectivity index (χ2n) is 4.39. The van der Waals surface area contributed by atoms with Gasteiger partial charge in [-0.05, 0) is 48.5 Å². The monoisotopic (exact) mass is 317 g/mol. The maximum atomic E-state index is 12.1. The summed E-state index contributed by atoms with van der Waals surface area (Å²) in [4.78, 5) is 23.4. The Kier molecular flexibility index (Phi) is 5.43. The van der Waals surface area contributed by atoms with Crippen LogP contribution in [0.4, 0.5) is 5.69 Å². The van der Waals surface area contributed by atoms with E-state index < -0.39 is 5.97 Å². The fourth-order valence-corrected chi connectivity index (χ4v) is 2.34. The summed E-state index contributed by atoms with van der Waals surface area (Å²) in [6, 6.07) is 13.9. The van der Waals surface area contributed by atoms with Crippen molar-refractivity contribution in [2.45, 2.75) is 4.90 Å². The van der Waals surface area contributed by atoms with Crippen LogP contribution in [-0.2, 0) is 4.79 Å². The predicted octanol–water partition coefficient (Wildman–Crippen LogP) is 3.12. The van der Waals surface area contributed by atoms with Crippen molar-refractivity contribution in [1.82, 2.24) is 0 Å². The first kappa shape index (κ1) is 15.9. The molecule has 2 rings (SSSR count). The van der Waals surface area contributed by atoms with Crippen LogP contribution in [0.1, 0.15) is 10.4 Å². The van der Waals surface area contributed by atoms with Crippen molar-refractivity contribution in [2.24, 2.45) is 0 Å². The number of carbonyl (C=O) groups is 2. The molecule has 5 nitrogen and oxygen atoms in total. The summed E-state index contributed by atoms with van der Waals surface area (Å²) in [5.74, 6) is -0.371. The average Bonchev–Trinajstić information content (AvgIpc) is 2.54. The van der Waals surface area contributed by atoms with Crippen molar-refractivity contribution < 1.29 is 19.4 Å². The Bertz CT molecular complexity index is 653. The lowest BCUT2D eigenvalue weighted by Crippen LogP contribution is -2.11. The lowest BCUT2D eigenvalue weighted by Gasteiger charge is -2.07. The Labute approximate surface area is 132 Å². The fourth-order valence-electron chi connectivity index (χ4n) is 1.73. The molecule has 0 saturated heterocycles. The SMILES string of the molecule is COc1ccc(C(=O)Nc2ccc(SCC(=O)O)cc2)cc1. The van der Waals surface area contributed by atoms with Crippen LogP contribution in [0.3, 0.4) is 0 Å². The van der Waals surface area contributed by atoms with Gasteiger partial charge in [-0.15, -0.1) is 11.8 Å². The Morgan fingerprint density at radius 3 is 2.27 bits per heavy atom. The number of ether oxygens (including phenoxy) is 1. The Hall–Kier alpha value is -2.47. The first-order valence-electron chi connectivity index (χ1n) is 6.48. The highest BCUT2D eigenvalue weighted by Gasteiger charge is 2.06. The molecule has 0 aliphatic carbocycles. The molecule has 114 valence electrons. The van der Waals surface area contributed by atoms with E-state index >= 15 is 0 Å². The maximum absolute atomic E-state index is 12.1. The van der Waals surface area contributed by atoms with E-state index in [0.29, 0.717) is 17.0 Å². The maximum Gasteiger partial charge on any atom is 0.313 e. The van der Waals surface area contributed by atoms with Gasteiger partial charge in [-0.1, -0.05) is 0 Å². The average molecular weight is 317 g/mol. The lowest BCUT2D eigenvalue weighted by molar-refractivity contribution is -0.133. The summed E-state index contributed by atoms with van der Waals surface area (Å²) in [6.07, 6.45) is 0. The minimum Gasteiger partial charge on any atom is -0.497 e. The summed E-state index contributed by atoms with van der Waals surface area (Å²) < 4.78 is 5.04. The Balaban J connectivity index is 1.97. The van der Waals surface area contributed by atoms with Gasteiger partial charge in [0.15, 0.2) is 0 Å². The highest BCUT2D eigenvalue weighted by molar-refractivity contribution is 8.00. The summed E-state index contributed by atoms with van der Waals surface area (Å²) >= 11 is 1.23. The number of aliphatic carboxylic acids is 1. The summed E-state index contributed by atoms with van der Waals surface area (Å²) in [5.41, 5.74) is 1.19. The minimum absolute atomic E-state index is 0.0115. The van der Waals surface area contributed by atoms with Gasteiger partial charge in [-0.3, -0.25) is 9.59 Å². The highest BCUT2D eigenvalue weighted by atomic mass is 32.2. The van der Waals surface area contributed by atoms with E-state index in [-0.39, 0.29) is 11.7 Å². The third kappa shape index (κ3) is 4.53. The number of nitrogens with one attached hydrogen (secondary N) is 1. The molecule has 0 unspecified atom stereocenters. The third-order valence-electron chi connectivity index (χ3n) is 2.83. The molecule has 0 bridgehead atoms. The molecule has 2 N–H and O–H groups in total. The molecule has 0 heterocycles. The van der Waals surface area contributed by atoms with Crippen LogP contribution in [0.15, 0.2) is 53.4 Å². The molecule has 0 saturated carbocycles. The van der Waals surface area contributed by atoms with Crippen LogP contribution in [0, 0.1) is 0 Å². The summed E-state index contributed by atoms with van der Waals surface area (Å²) in [6.45, 7) is 0. The molecule has 0 fully saturated rings. The normalized spacial score (nSPS) is 10.0. The molecule has 0 spiro atoms. The van der Waals surface area contributed by atoms with E-state index in [2.05, 4.69) is 5.32 Å². The first-order chi connectivity index (χ1) is 10.6. The van der Waals surface area contributed by atoms with E-state index in [1.165, 1.54) is 11.8 Å². The quantitative estimate of drug-likeness (QED) is 0.801. The number of rotatable bonds is 6. The molecule has 0 radical (unpaired) electrons. The zero-order chi connectivity index (χ0) is 15.9.